The number of rotatable bonds is 7. The number of hydrogen-bond donors (Lipinski definition) is 4. The average molecular weight is 656 g/mol. The van der Waals surface area contributed by atoms with E-state index in [1.807, 2.05) is 20.8 Å². The minimum Gasteiger partial charge on any atom is -0.511 e. The lowest BCUT2D eigenvalue weighted by atomic mass is 9.61. The van der Waals surface area contributed by atoms with Gasteiger partial charge in [0.05, 0.1) is 23.4 Å². The van der Waals surface area contributed by atoms with Gasteiger partial charge in [0, 0.05) is 43.9 Å². The summed E-state index contributed by atoms with van der Waals surface area (Å²) in [6.45, 7) is 10.2. The van der Waals surface area contributed by atoms with Crippen LogP contribution in [-0.2, 0) is 41.6 Å². The number of phenolic OH excluding ortho intramolecular Hbond substituents is 1. The number of allylic oxidation sites excluding steroid dienone is 2. The van der Waals surface area contributed by atoms with E-state index in [2.05, 4.69) is 0 Å². The molecule has 1 fully saturated rings. The number of esters is 1. The number of aliphatic hydroxyl groups excluding tert-OH is 2. The summed E-state index contributed by atoms with van der Waals surface area (Å²) < 4.78 is 10.4. The van der Waals surface area contributed by atoms with Gasteiger partial charge in [-0.3, -0.25) is 19.2 Å². The Kier molecular flexibility index (Phi) is 9.44. The minimum absolute atomic E-state index is 0.00718. The SMILES string of the molecule is CN(C)c1cc(CN(CC(C)(C)C)C(=O)OCOC(=O)C(C)(C)C)c(O)c2c1CC1CC3CC(=O)C(C(N)=O)=C(O)C3C(=O)C1=C2O. The molecule has 4 rings (SSSR count). The molecule has 1 aromatic carbocycles. The second kappa shape index (κ2) is 12.6. The molecule has 2 amide bonds. The number of ketones is 2. The number of aliphatic hydroxyl groups is 2. The minimum atomic E-state index is -1.23. The zero-order valence-corrected chi connectivity index (χ0v) is 28.2. The number of amides is 2. The maximum Gasteiger partial charge on any atom is 0.412 e. The number of fused-ring (bicyclic) bond motifs is 3. The van der Waals surface area contributed by atoms with Crippen LogP contribution < -0.4 is 10.6 Å². The number of carbonyl (C=O) groups excluding carboxylic acids is 5. The van der Waals surface area contributed by atoms with Crippen molar-refractivity contribution in [2.45, 2.75) is 67.3 Å². The molecule has 3 aliphatic carbocycles. The van der Waals surface area contributed by atoms with E-state index < -0.39 is 82.0 Å². The zero-order chi connectivity index (χ0) is 35.3. The highest BCUT2D eigenvalue weighted by Gasteiger charge is 2.51. The smallest absolute Gasteiger partial charge is 0.412 e. The third-order valence-electron chi connectivity index (χ3n) is 8.69. The van der Waals surface area contributed by atoms with Crippen LogP contribution in [0.1, 0.15) is 71.1 Å². The number of carbonyl (C=O) groups is 5. The first kappa shape index (κ1) is 35.3. The number of primary amides is 1. The summed E-state index contributed by atoms with van der Waals surface area (Å²) in [6, 6.07) is 1.71. The van der Waals surface area contributed by atoms with Gasteiger partial charge in [-0.15, -0.1) is 0 Å². The van der Waals surface area contributed by atoms with E-state index in [1.54, 1.807) is 45.8 Å². The number of nitrogens with two attached hydrogens (primary N) is 1. The van der Waals surface area contributed by atoms with E-state index in [4.69, 9.17) is 15.2 Å². The monoisotopic (exact) mass is 655 g/mol. The van der Waals surface area contributed by atoms with Crippen molar-refractivity contribution in [3.05, 3.63) is 39.7 Å². The maximum atomic E-state index is 13.9. The largest absolute Gasteiger partial charge is 0.511 e. The fourth-order valence-electron chi connectivity index (χ4n) is 6.67. The van der Waals surface area contributed by atoms with E-state index in [1.165, 1.54) is 4.90 Å². The molecule has 47 heavy (non-hydrogen) atoms. The summed E-state index contributed by atoms with van der Waals surface area (Å²) >= 11 is 0. The Morgan fingerprint density at radius 1 is 1.00 bits per heavy atom. The summed E-state index contributed by atoms with van der Waals surface area (Å²) in [4.78, 5) is 67.0. The molecule has 0 spiro atoms. The number of benzene rings is 1. The van der Waals surface area contributed by atoms with E-state index in [-0.39, 0.29) is 54.8 Å². The molecule has 0 aliphatic heterocycles. The van der Waals surface area contributed by atoms with E-state index in [0.29, 0.717) is 11.3 Å². The molecule has 0 bridgehead atoms. The van der Waals surface area contributed by atoms with Gasteiger partial charge in [-0.2, -0.15) is 0 Å². The van der Waals surface area contributed by atoms with Gasteiger partial charge in [0.1, 0.15) is 22.8 Å². The zero-order valence-electron chi connectivity index (χ0n) is 28.2. The lowest BCUT2D eigenvalue weighted by molar-refractivity contribution is -0.162. The number of hydrogen-bond acceptors (Lipinski definition) is 11. The summed E-state index contributed by atoms with van der Waals surface area (Å²) in [5.74, 6) is -6.77. The van der Waals surface area contributed by atoms with Gasteiger partial charge < -0.3 is 40.3 Å². The fraction of sp³-hybridized carbons (Fsp3) is 0.559. The summed E-state index contributed by atoms with van der Waals surface area (Å²) in [7, 11) is 3.57. The Labute approximate surface area is 274 Å². The third-order valence-corrected chi connectivity index (χ3v) is 8.69. The lowest BCUT2D eigenvalue weighted by Gasteiger charge is -2.41. The van der Waals surface area contributed by atoms with Gasteiger partial charge in [0.15, 0.2) is 11.6 Å². The van der Waals surface area contributed by atoms with Crippen molar-refractivity contribution < 1.29 is 48.8 Å². The van der Waals surface area contributed by atoms with Gasteiger partial charge in [-0.1, -0.05) is 20.8 Å². The van der Waals surface area contributed by atoms with Crippen molar-refractivity contribution >= 4 is 41.0 Å². The number of anilines is 1. The first-order chi connectivity index (χ1) is 21.6. The Morgan fingerprint density at radius 2 is 1.64 bits per heavy atom. The van der Waals surface area contributed by atoms with Crippen molar-refractivity contribution in [3.8, 4) is 5.75 Å². The molecule has 256 valence electrons. The highest BCUT2D eigenvalue weighted by atomic mass is 16.7. The van der Waals surface area contributed by atoms with Crippen LogP contribution in [0.25, 0.3) is 5.76 Å². The molecule has 0 heterocycles. The van der Waals surface area contributed by atoms with Gasteiger partial charge in [-0.05, 0) is 62.5 Å². The van der Waals surface area contributed by atoms with E-state index in [0.717, 1.165) is 0 Å². The first-order valence-corrected chi connectivity index (χ1v) is 15.5. The highest BCUT2D eigenvalue weighted by Crippen LogP contribution is 2.52. The standard InChI is InChI=1S/C34H45N3O10/c1-33(2,3)14-37(32(45)47-15-46-31(44)34(4,5)6)13-18-11-20(36(7)8)19-10-16-9-17-12-21(38)25(30(35)43)29(42)23(17)27(40)22(16)28(41)24(19)26(18)39/h11,16-17,23,39,41-42H,9-10,12-15H2,1-8H3,(H2,35,43). The average Bonchev–Trinajstić information content (AvgIpc) is 2.91. The predicted molar refractivity (Wildman–Crippen MR) is 171 cm³/mol. The lowest BCUT2D eigenvalue weighted by Crippen LogP contribution is -2.44. The van der Waals surface area contributed by atoms with Crippen molar-refractivity contribution in [2.75, 3.05) is 32.3 Å². The molecule has 0 radical (unpaired) electrons. The molecule has 3 atom stereocenters. The van der Waals surface area contributed by atoms with Gasteiger partial charge in [0.25, 0.3) is 5.91 Å². The number of phenols is 1. The Balaban J connectivity index is 1.75. The molecule has 1 saturated carbocycles. The maximum absolute atomic E-state index is 13.9. The summed E-state index contributed by atoms with van der Waals surface area (Å²) in [5, 5.41) is 34.2. The van der Waals surface area contributed by atoms with Crippen molar-refractivity contribution in [1.29, 1.82) is 0 Å². The molecule has 1 aromatic rings. The van der Waals surface area contributed by atoms with Crippen LogP contribution in [0.3, 0.4) is 0 Å². The molecular weight excluding hydrogens is 610 g/mol. The van der Waals surface area contributed by atoms with Gasteiger partial charge in [0.2, 0.25) is 6.79 Å². The molecule has 0 aromatic heterocycles. The molecular formula is C34H45N3O10. The summed E-state index contributed by atoms with van der Waals surface area (Å²) in [6.07, 6.45) is -0.409. The van der Waals surface area contributed by atoms with Crippen molar-refractivity contribution in [3.63, 3.8) is 0 Å². The van der Waals surface area contributed by atoms with Crippen LogP contribution in [0, 0.1) is 28.6 Å². The van der Waals surface area contributed by atoms with Crippen LogP contribution in [0.15, 0.2) is 23.0 Å². The first-order valence-electron chi connectivity index (χ1n) is 15.5. The molecule has 3 aliphatic rings. The predicted octanol–water partition coefficient (Wildman–Crippen LogP) is 3.91. The number of ether oxygens (including phenoxy) is 2. The van der Waals surface area contributed by atoms with E-state index >= 15 is 0 Å². The van der Waals surface area contributed by atoms with Crippen LogP contribution in [0.4, 0.5) is 10.5 Å². The molecule has 13 nitrogen and oxygen atoms in total. The van der Waals surface area contributed by atoms with Crippen LogP contribution >= 0.6 is 0 Å². The van der Waals surface area contributed by atoms with Gasteiger partial charge in [-0.25, -0.2) is 4.79 Å². The van der Waals surface area contributed by atoms with Crippen LogP contribution in [0.5, 0.6) is 5.75 Å². The second-order valence-corrected chi connectivity index (χ2v) is 15.0. The highest BCUT2D eigenvalue weighted by molar-refractivity contribution is 6.21. The molecule has 3 unspecified atom stereocenters. The molecule has 0 saturated heterocycles. The van der Waals surface area contributed by atoms with Crippen LogP contribution in [0.2, 0.25) is 0 Å². The normalized spacial score (nSPS) is 21.1. The van der Waals surface area contributed by atoms with Crippen molar-refractivity contribution in [2.24, 2.45) is 34.3 Å². The quantitative estimate of drug-likeness (QED) is 0.189. The van der Waals surface area contributed by atoms with Crippen LogP contribution in [-0.4, -0.2) is 77.2 Å². The number of Topliss-reactive ketones (excluding diaryl/α,β-unsaturated/α-hetero) is 2. The van der Waals surface area contributed by atoms with E-state index in [9.17, 15) is 39.3 Å². The fourth-order valence-corrected chi connectivity index (χ4v) is 6.67. The molecule has 5 N–H and O–H groups in total. The molecule has 13 heteroatoms. The van der Waals surface area contributed by atoms with Gasteiger partial charge >= 0.3 is 12.1 Å². The van der Waals surface area contributed by atoms with Crippen molar-refractivity contribution in [1.82, 2.24) is 4.90 Å². The Hall–Kier alpha value is -4.55. The third kappa shape index (κ3) is 6.93. The summed E-state index contributed by atoms with van der Waals surface area (Å²) in [5.41, 5.74) is 5.02. The Morgan fingerprint density at radius 3 is 2.19 bits per heavy atom. The number of aromatic hydroxyl groups is 1. The number of nitrogens with zero attached hydrogens (tertiary/aromatic N) is 2. The second-order valence-electron chi connectivity index (χ2n) is 15.0. The Bertz CT molecular complexity index is 1590. The topological polar surface area (TPSA) is 197 Å².